The van der Waals surface area contributed by atoms with Crippen LogP contribution in [0.4, 0.5) is 0 Å². The molecule has 2 rings (SSSR count). The number of aryl methyl sites for hydroxylation is 1. The predicted octanol–water partition coefficient (Wildman–Crippen LogP) is 2.45. The van der Waals surface area contributed by atoms with Crippen molar-refractivity contribution in [3.63, 3.8) is 0 Å². The van der Waals surface area contributed by atoms with Gasteiger partial charge in [0.2, 0.25) is 10.0 Å². The largest absolute Gasteiger partial charge is 0.345 e. The molecular formula is C15H18N2O3S2. The van der Waals surface area contributed by atoms with E-state index in [1.54, 1.807) is 25.1 Å². The minimum atomic E-state index is -3.75. The molecule has 0 radical (unpaired) electrons. The lowest BCUT2D eigenvalue weighted by atomic mass is 10.1. The van der Waals surface area contributed by atoms with Crippen molar-refractivity contribution in [1.82, 2.24) is 5.32 Å². The summed E-state index contributed by atoms with van der Waals surface area (Å²) in [6.45, 7) is 3.84. The van der Waals surface area contributed by atoms with E-state index in [2.05, 4.69) is 5.32 Å². The standard InChI is InChI=1S/C15H18N2O3S2/c1-3-12-7-8-14(21-12)15(18)17-10(2)11-5-4-6-13(9-11)22(16,19)20/h4-10H,3H2,1-2H3,(H,17,18)(H2,16,19,20)/t10-/m1/s1. The van der Waals surface area contributed by atoms with Crippen molar-refractivity contribution >= 4 is 27.3 Å². The number of carbonyl (C=O) groups is 1. The van der Waals surface area contributed by atoms with E-state index in [0.717, 1.165) is 11.3 Å². The molecule has 5 nitrogen and oxygen atoms in total. The van der Waals surface area contributed by atoms with Crippen LogP contribution in [0.5, 0.6) is 0 Å². The van der Waals surface area contributed by atoms with Gasteiger partial charge in [0.1, 0.15) is 0 Å². The molecular weight excluding hydrogens is 320 g/mol. The molecule has 0 spiro atoms. The number of sulfonamides is 1. The second kappa shape index (κ2) is 6.60. The van der Waals surface area contributed by atoms with Crippen LogP contribution < -0.4 is 10.5 Å². The maximum Gasteiger partial charge on any atom is 0.261 e. The fraction of sp³-hybridized carbons (Fsp3) is 0.267. The number of carbonyl (C=O) groups excluding carboxylic acids is 1. The van der Waals surface area contributed by atoms with Crippen LogP contribution >= 0.6 is 11.3 Å². The van der Waals surface area contributed by atoms with E-state index in [4.69, 9.17) is 5.14 Å². The molecule has 1 atom stereocenters. The molecule has 0 bridgehead atoms. The number of hydrogen-bond acceptors (Lipinski definition) is 4. The zero-order valence-electron chi connectivity index (χ0n) is 12.4. The zero-order chi connectivity index (χ0) is 16.3. The maximum atomic E-state index is 12.2. The molecule has 1 amide bonds. The number of benzene rings is 1. The van der Waals surface area contributed by atoms with E-state index in [1.165, 1.54) is 23.5 Å². The van der Waals surface area contributed by atoms with Crippen molar-refractivity contribution < 1.29 is 13.2 Å². The third-order valence-corrected chi connectivity index (χ3v) is 5.41. The Hall–Kier alpha value is -1.70. The lowest BCUT2D eigenvalue weighted by molar-refractivity contribution is 0.0944. The number of hydrogen-bond donors (Lipinski definition) is 2. The summed E-state index contributed by atoms with van der Waals surface area (Å²) >= 11 is 1.46. The zero-order valence-corrected chi connectivity index (χ0v) is 14.0. The predicted molar refractivity (Wildman–Crippen MR) is 87.4 cm³/mol. The van der Waals surface area contributed by atoms with Gasteiger partial charge in [0, 0.05) is 4.88 Å². The lowest BCUT2D eigenvalue weighted by Gasteiger charge is -2.14. The van der Waals surface area contributed by atoms with Crippen LogP contribution in [0.15, 0.2) is 41.3 Å². The van der Waals surface area contributed by atoms with Crippen LogP contribution in [0.2, 0.25) is 0 Å². The van der Waals surface area contributed by atoms with Gasteiger partial charge in [0.05, 0.1) is 15.8 Å². The highest BCUT2D eigenvalue weighted by Gasteiger charge is 2.15. The van der Waals surface area contributed by atoms with Gasteiger partial charge in [0.15, 0.2) is 0 Å². The third kappa shape index (κ3) is 3.94. The summed E-state index contributed by atoms with van der Waals surface area (Å²) in [5.41, 5.74) is 0.687. The van der Waals surface area contributed by atoms with Crippen LogP contribution in [0.25, 0.3) is 0 Å². The van der Waals surface area contributed by atoms with E-state index in [0.29, 0.717) is 10.4 Å². The Labute approximate surface area is 134 Å². The van der Waals surface area contributed by atoms with Crippen LogP contribution in [0.3, 0.4) is 0 Å². The molecule has 22 heavy (non-hydrogen) atoms. The monoisotopic (exact) mass is 338 g/mol. The molecule has 1 heterocycles. The SMILES string of the molecule is CCc1ccc(C(=O)N[C@H](C)c2cccc(S(N)(=O)=O)c2)s1. The van der Waals surface area contributed by atoms with Gasteiger partial charge < -0.3 is 5.32 Å². The molecule has 7 heteroatoms. The first-order valence-corrected chi connectivity index (χ1v) is 9.20. The van der Waals surface area contributed by atoms with E-state index in [9.17, 15) is 13.2 Å². The van der Waals surface area contributed by atoms with Gasteiger partial charge in [-0.05, 0) is 43.2 Å². The van der Waals surface area contributed by atoms with Gasteiger partial charge in [-0.3, -0.25) is 4.79 Å². The van der Waals surface area contributed by atoms with E-state index < -0.39 is 10.0 Å². The van der Waals surface area contributed by atoms with E-state index >= 15 is 0 Å². The quantitative estimate of drug-likeness (QED) is 0.877. The molecule has 0 saturated carbocycles. The van der Waals surface area contributed by atoms with Crippen molar-refractivity contribution in [2.45, 2.75) is 31.2 Å². The number of nitrogens with one attached hydrogen (secondary N) is 1. The first-order valence-electron chi connectivity index (χ1n) is 6.83. The van der Waals surface area contributed by atoms with Crippen molar-refractivity contribution in [3.05, 3.63) is 51.7 Å². The van der Waals surface area contributed by atoms with Gasteiger partial charge in [-0.1, -0.05) is 19.1 Å². The van der Waals surface area contributed by atoms with Crippen molar-refractivity contribution in [2.24, 2.45) is 5.14 Å². The summed E-state index contributed by atoms with van der Waals surface area (Å²) in [5.74, 6) is -0.168. The van der Waals surface area contributed by atoms with Crippen molar-refractivity contribution in [2.75, 3.05) is 0 Å². The Bertz CT molecular complexity index is 782. The Morgan fingerprint density at radius 1 is 1.32 bits per heavy atom. The second-order valence-electron chi connectivity index (χ2n) is 4.93. The van der Waals surface area contributed by atoms with Crippen molar-refractivity contribution in [1.29, 1.82) is 0 Å². The summed E-state index contributed by atoms with van der Waals surface area (Å²) in [6.07, 6.45) is 0.893. The second-order valence-corrected chi connectivity index (χ2v) is 7.66. The minimum Gasteiger partial charge on any atom is -0.345 e. The van der Waals surface area contributed by atoms with Crippen molar-refractivity contribution in [3.8, 4) is 0 Å². The number of thiophene rings is 1. The highest BCUT2D eigenvalue weighted by atomic mass is 32.2. The highest BCUT2D eigenvalue weighted by Crippen LogP contribution is 2.20. The molecule has 0 saturated heterocycles. The first-order chi connectivity index (χ1) is 10.3. The van der Waals surface area contributed by atoms with Crippen LogP contribution in [-0.2, 0) is 16.4 Å². The highest BCUT2D eigenvalue weighted by molar-refractivity contribution is 7.89. The minimum absolute atomic E-state index is 0.0375. The summed E-state index contributed by atoms with van der Waals surface area (Å²) in [5, 5.41) is 7.99. The molecule has 0 aliphatic carbocycles. The number of nitrogens with two attached hydrogens (primary N) is 1. The molecule has 0 fully saturated rings. The van der Waals surface area contributed by atoms with Gasteiger partial charge in [-0.25, -0.2) is 13.6 Å². The Balaban J connectivity index is 2.15. The Kier molecular flexibility index (Phi) is 5.00. The smallest absolute Gasteiger partial charge is 0.261 e. The van der Waals surface area contributed by atoms with Crippen LogP contribution in [0.1, 0.15) is 40.0 Å². The fourth-order valence-electron chi connectivity index (χ4n) is 2.00. The molecule has 1 aromatic heterocycles. The molecule has 3 N–H and O–H groups in total. The topological polar surface area (TPSA) is 89.3 Å². The Morgan fingerprint density at radius 2 is 2.05 bits per heavy atom. The molecule has 0 aliphatic rings. The number of amides is 1. The van der Waals surface area contributed by atoms with Gasteiger partial charge in [0.25, 0.3) is 5.91 Å². The fourth-order valence-corrected chi connectivity index (χ4v) is 3.42. The normalized spacial score (nSPS) is 12.9. The molecule has 0 unspecified atom stereocenters. The van der Waals surface area contributed by atoms with Gasteiger partial charge in [-0.15, -0.1) is 11.3 Å². The Morgan fingerprint density at radius 3 is 2.64 bits per heavy atom. The first kappa shape index (κ1) is 16.7. The summed E-state index contributed by atoms with van der Waals surface area (Å²) in [6, 6.07) is 9.69. The summed E-state index contributed by atoms with van der Waals surface area (Å²) in [7, 11) is -3.75. The van der Waals surface area contributed by atoms with Gasteiger partial charge in [-0.2, -0.15) is 0 Å². The molecule has 0 aliphatic heterocycles. The van der Waals surface area contributed by atoms with Gasteiger partial charge >= 0.3 is 0 Å². The van der Waals surface area contributed by atoms with E-state index in [-0.39, 0.29) is 16.8 Å². The lowest BCUT2D eigenvalue weighted by Crippen LogP contribution is -2.26. The average molecular weight is 338 g/mol. The number of primary sulfonamides is 1. The summed E-state index contributed by atoms with van der Waals surface area (Å²) in [4.78, 5) is 14.0. The molecule has 118 valence electrons. The van der Waals surface area contributed by atoms with E-state index in [1.807, 2.05) is 13.0 Å². The number of rotatable bonds is 5. The average Bonchev–Trinajstić information content (AvgIpc) is 2.95. The maximum absolute atomic E-state index is 12.2. The molecule has 1 aromatic carbocycles. The summed E-state index contributed by atoms with van der Waals surface area (Å²) < 4.78 is 22.8. The molecule has 2 aromatic rings. The van der Waals surface area contributed by atoms with Crippen LogP contribution in [-0.4, -0.2) is 14.3 Å². The van der Waals surface area contributed by atoms with Crippen LogP contribution in [0, 0.1) is 0 Å². The third-order valence-electron chi connectivity index (χ3n) is 3.27.